The van der Waals surface area contributed by atoms with Gasteiger partial charge in [-0.3, -0.25) is 0 Å². The van der Waals surface area contributed by atoms with E-state index in [0.717, 1.165) is 34.8 Å². The zero-order valence-corrected chi connectivity index (χ0v) is 14.0. The number of anilines is 1. The second-order valence-electron chi connectivity index (χ2n) is 6.69. The van der Waals surface area contributed by atoms with Crippen LogP contribution < -0.4 is 4.90 Å². The summed E-state index contributed by atoms with van der Waals surface area (Å²) in [6.07, 6.45) is 4.49. The van der Waals surface area contributed by atoms with Crippen molar-refractivity contribution >= 4 is 16.6 Å². The summed E-state index contributed by atoms with van der Waals surface area (Å²) in [4.78, 5) is 2.30. The minimum absolute atomic E-state index is 0.416. The van der Waals surface area contributed by atoms with Crippen LogP contribution in [0.5, 0.6) is 0 Å². The molecule has 3 aromatic rings. The summed E-state index contributed by atoms with van der Waals surface area (Å²) in [7, 11) is 0. The molecule has 1 aliphatic heterocycles. The van der Waals surface area contributed by atoms with Crippen LogP contribution >= 0.6 is 0 Å². The molecule has 1 aromatic heterocycles. The van der Waals surface area contributed by atoms with Crippen molar-refractivity contribution in [2.75, 3.05) is 11.4 Å². The van der Waals surface area contributed by atoms with Gasteiger partial charge in [-0.2, -0.15) is 5.10 Å². The fourth-order valence-electron chi connectivity index (χ4n) is 3.58. The van der Waals surface area contributed by atoms with Crippen LogP contribution in [0.15, 0.2) is 42.6 Å². The summed E-state index contributed by atoms with van der Waals surface area (Å²) in [5, 5.41) is 10.6. The number of fused-ring (bicyclic) bond motifs is 1. The van der Waals surface area contributed by atoms with E-state index < -0.39 is 11.6 Å². The highest BCUT2D eigenvalue weighted by molar-refractivity contribution is 5.92. The molecule has 4 rings (SSSR count). The number of rotatable bonds is 3. The normalized spacial score (nSPS) is 17.4. The summed E-state index contributed by atoms with van der Waals surface area (Å²) in [5.74, 6) is -0.152. The number of aromatic nitrogens is 2. The Kier molecular flexibility index (Phi) is 4.07. The first-order valence-corrected chi connectivity index (χ1v) is 8.57. The molecule has 2 aromatic carbocycles. The molecule has 0 bridgehead atoms. The molecule has 1 aliphatic rings. The van der Waals surface area contributed by atoms with Gasteiger partial charge < -0.3 is 4.90 Å². The van der Waals surface area contributed by atoms with Crippen molar-refractivity contribution in [3.8, 4) is 0 Å². The molecule has 0 aliphatic carbocycles. The second kappa shape index (κ2) is 6.39. The van der Waals surface area contributed by atoms with E-state index in [4.69, 9.17) is 0 Å². The molecular weight excluding hydrogens is 320 g/mol. The quantitative estimate of drug-likeness (QED) is 0.704. The van der Waals surface area contributed by atoms with Crippen LogP contribution in [0.2, 0.25) is 0 Å². The van der Waals surface area contributed by atoms with Crippen LogP contribution in [0.1, 0.15) is 30.9 Å². The van der Waals surface area contributed by atoms with Gasteiger partial charge in [0.1, 0.15) is 11.6 Å². The van der Waals surface area contributed by atoms with Crippen LogP contribution in [0.25, 0.3) is 10.8 Å². The molecule has 25 heavy (non-hydrogen) atoms. The van der Waals surface area contributed by atoms with Gasteiger partial charge in [-0.1, -0.05) is 18.2 Å². The van der Waals surface area contributed by atoms with Gasteiger partial charge in [-0.25, -0.2) is 8.78 Å². The first-order chi connectivity index (χ1) is 12.1. The Morgan fingerprint density at radius 1 is 1.16 bits per heavy atom. The van der Waals surface area contributed by atoms with Gasteiger partial charge in [-0.15, -0.1) is 5.10 Å². The van der Waals surface area contributed by atoms with E-state index in [9.17, 15) is 8.78 Å². The van der Waals surface area contributed by atoms with Gasteiger partial charge in [0.15, 0.2) is 5.82 Å². The maximum atomic E-state index is 13.9. The molecule has 3 nitrogen and oxygen atoms in total. The lowest BCUT2D eigenvalue weighted by Gasteiger charge is -2.23. The Hall–Kier alpha value is -2.56. The maximum absolute atomic E-state index is 13.9. The minimum Gasteiger partial charge on any atom is -0.352 e. The van der Waals surface area contributed by atoms with Crippen molar-refractivity contribution in [3.05, 3.63) is 65.4 Å². The van der Waals surface area contributed by atoms with Gasteiger partial charge in [0.25, 0.3) is 0 Å². The van der Waals surface area contributed by atoms with Gasteiger partial charge >= 0.3 is 0 Å². The topological polar surface area (TPSA) is 29.0 Å². The summed E-state index contributed by atoms with van der Waals surface area (Å²) >= 11 is 0. The number of halogens is 2. The predicted molar refractivity (Wildman–Crippen MR) is 94.7 cm³/mol. The van der Waals surface area contributed by atoms with Crippen molar-refractivity contribution in [1.82, 2.24) is 10.2 Å². The molecule has 0 spiro atoms. The van der Waals surface area contributed by atoms with Crippen molar-refractivity contribution < 1.29 is 8.78 Å². The van der Waals surface area contributed by atoms with Crippen molar-refractivity contribution in [2.45, 2.75) is 32.2 Å². The lowest BCUT2D eigenvalue weighted by Crippen LogP contribution is -2.27. The number of hydrogen-bond acceptors (Lipinski definition) is 3. The maximum Gasteiger partial charge on any atom is 0.159 e. The third-order valence-corrected chi connectivity index (χ3v) is 4.94. The SMILES string of the molecule is CC1CCCN1c1nncc2cc(Cc3ccc(F)cc3F)ccc12. The molecule has 1 saturated heterocycles. The Morgan fingerprint density at radius 3 is 2.80 bits per heavy atom. The van der Waals surface area contributed by atoms with E-state index in [2.05, 4.69) is 22.0 Å². The Labute approximate surface area is 145 Å². The van der Waals surface area contributed by atoms with E-state index in [1.807, 2.05) is 18.2 Å². The fraction of sp³-hybridized carbons (Fsp3) is 0.300. The lowest BCUT2D eigenvalue weighted by molar-refractivity contribution is 0.574. The van der Waals surface area contributed by atoms with Crippen LogP contribution in [-0.4, -0.2) is 22.8 Å². The number of hydrogen-bond donors (Lipinski definition) is 0. The molecule has 2 heterocycles. The summed E-state index contributed by atoms with van der Waals surface area (Å²) in [6.45, 7) is 3.21. The van der Waals surface area contributed by atoms with Crippen molar-refractivity contribution in [2.24, 2.45) is 0 Å². The standard InChI is InChI=1S/C20H19F2N3/c1-13-3-2-8-25(13)20-18-7-4-14(10-16(18)12-23-24-20)9-15-5-6-17(21)11-19(15)22/h4-7,10-13H,2-3,8-9H2,1H3. The Morgan fingerprint density at radius 2 is 2.04 bits per heavy atom. The van der Waals surface area contributed by atoms with E-state index >= 15 is 0 Å². The van der Waals surface area contributed by atoms with E-state index in [1.165, 1.54) is 25.0 Å². The van der Waals surface area contributed by atoms with Crippen LogP contribution in [0, 0.1) is 11.6 Å². The third-order valence-electron chi connectivity index (χ3n) is 4.94. The Bertz CT molecular complexity index is 926. The molecule has 128 valence electrons. The summed E-state index contributed by atoms with van der Waals surface area (Å²) in [5.41, 5.74) is 1.45. The van der Waals surface area contributed by atoms with Gasteiger partial charge in [0.2, 0.25) is 0 Å². The molecule has 5 heteroatoms. The molecule has 0 amide bonds. The second-order valence-corrected chi connectivity index (χ2v) is 6.69. The summed E-state index contributed by atoms with van der Waals surface area (Å²) < 4.78 is 27.0. The average molecular weight is 339 g/mol. The van der Waals surface area contributed by atoms with Crippen LogP contribution in [0.4, 0.5) is 14.6 Å². The highest BCUT2D eigenvalue weighted by atomic mass is 19.1. The zero-order valence-electron chi connectivity index (χ0n) is 14.0. The van der Waals surface area contributed by atoms with Gasteiger partial charge in [0.05, 0.1) is 6.20 Å². The van der Waals surface area contributed by atoms with Crippen molar-refractivity contribution in [1.29, 1.82) is 0 Å². The fourth-order valence-corrected chi connectivity index (χ4v) is 3.58. The highest BCUT2D eigenvalue weighted by Crippen LogP contribution is 2.30. The monoisotopic (exact) mass is 339 g/mol. The minimum atomic E-state index is -0.556. The van der Waals surface area contributed by atoms with Crippen LogP contribution in [0.3, 0.4) is 0 Å². The highest BCUT2D eigenvalue weighted by Gasteiger charge is 2.23. The van der Waals surface area contributed by atoms with E-state index in [1.54, 1.807) is 6.20 Å². The largest absolute Gasteiger partial charge is 0.352 e. The van der Waals surface area contributed by atoms with E-state index in [0.29, 0.717) is 18.0 Å². The smallest absolute Gasteiger partial charge is 0.159 e. The molecule has 1 atom stereocenters. The molecular formula is C20H19F2N3. The zero-order chi connectivity index (χ0) is 17.4. The van der Waals surface area contributed by atoms with Crippen molar-refractivity contribution in [3.63, 3.8) is 0 Å². The molecule has 1 unspecified atom stereocenters. The molecule has 0 radical (unpaired) electrons. The van der Waals surface area contributed by atoms with Crippen LogP contribution in [-0.2, 0) is 6.42 Å². The first kappa shape index (κ1) is 15.9. The molecule has 1 fully saturated rings. The molecule has 0 saturated carbocycles. The predicted octanol–water partition coefficient (Wildman–Crippen LogP) is 4.49. The van der Waals surface area contributed by atoms with Gasteiger partial charge in [-0.05, 0) is 43.0 Å². The van der Waals surface area contributed by atoms with E-state index in [-0.39, 0.29) is 0 Å². The number of nitrogens with zero attached hydrogens (tertiary/aromatic N) is 3. The summed E-state index contributed by atoms with van der Waals surface area (Å²) in [6, 6.07) is 10.2. The third kappa shape index (κ3) is 3.06. The lowest BCUT2D eigenvalue weighted by atomic mass is 10.0. The average Bonchev–Trinajstić information content (AvgIpc) is 3.02. The number of benzene rings is 2. The molecule has 0 N–H and O–H groups in total. The van der Waals surface area contributed by atoms with Gasteiger partial charge in [0, 0.05) is 35.8 Å². The Balaban J connectivity index is 1.69. The first-order valence-electron chi connectivity index (χ1n) is 8.57.